The minimum Gasteiger partial charge on any atom is -0.392 e. The third-order valence-electron chi connectivity index (χ3n) is 2.12. The van der Waals surface area contributed by atoms with Crippen molar-refractivity contribution in [3.8, 4) is 0 Å². The zero-order valence-electron chi connectivity index (χ0n) is 10.4. The first-order valence-electron chi connectivity index (χ1n) is 5.58. The number of nitrogens with zero attached hydrogens (tertiary/aromatic N) is 1. The van der Waals surface area contributed by atoms with Gasteiger partial charge in [-0.3, -0.25) is 4.90 Å². The molecule has 92 valence electrons. The monoisotopic (exact) mass is 218 g/mol. The first-order valence-corrected chi connectivity index (χ1v) is 5.58. The van der Waals surface area contributed by atoms with Crippen molar-refractivity contribution in [2.75, 3.05) is 19.6 Å². The Labute approximate surface area is 93.1 Å². The Morgan fingerprint density at radius 1 is 1.13 bits per heavy atom. The highest BCUT2D eigenvalue weighted by Gasteiger charge is 2.16. The van der Waals surface area contributed by atoms with Gasteiger partial charge in [0, 0.05) is 25.2 Å². The summed E-state index contributed by atoms with van der Waals surface area (Å²) in [5.74, 6) is 0. The Kier molecular flexibility index (Phi) is 6.36. The van der Waals surface area contributed by atoms with Crippen LogP contribution in [0.4, 0.5) is 0 Å². The molecule has 4 heteroatoms. The van der Waals surface area contributed by atoms with Crippen LogP contribution in [0.15, 0.2) is 0 Å². The van der Waals surface area contributed by atoms with Crippen molar-refractivity contribution >= 4 is 0 Å². The first-order chi connectivity index (χ1) is 6.70. The zero-order chi connectivity index (χ0) is 12.1. The third kappa shape index (κ3) is 10.1. The van der Waals surface area contributed by atoms with Gasteiger partial charge >= 0.3 is 0 Å². The van der Waals surface area contributed by atoms with E-state index in [1.165, 1.54) is 0 Å². The molecule has 4 nitrogen and oxygen atoms in total. The van der Waals surface area contributed by atoms with Gasteiger partial charge < -0.3 is 15.9 Å². The van der Waals surface area contributed by atoms with Gasteiger partial charge in [-0.2, -0.15) is 0 Å². The van der Waals surface area contributed by atoms with Crippen molar-refractivity contribution in [2.45, 2.75) is 51.9 Å². The van der Waals surface area contributed by atoms with Gasteiger partial charge in [-0.15, -0.1) is 0 Å². The summed E-state index contributed by atoms with van der Waals surface area (Å²) in [4.78, 5) is 2.05. The summed E-state index contributed by atoms with van der Waals surface area (Å²) in [6, 6.07) is 0. The molecule has 15 heavy (non-hydrogen) atoms. The van der Waals surface area contributed by atoms with Crippen molar-refractivity contribution in [1.29, 1.82) is 0 Å². The van der Waals surface area contributed by atoms with Gasteiger partial charge in [0.15, 0.2) is 0 Å². The average Bonchev–Trinajstić information content (AvgIpc) is 1.96. The molecule has 0 spiro atoms. The van der Waals surface area contributed by atoms with E-state index in [-0.39, 0.29) is 17.7 Å². The summed E-state index contributed by atoms with van der Waals surface area (Å²) in [6.07, 6.45) is 0.112. The lowest BCUT2D eigenvalue weighted by Gasteiger charge is -2.28. The van der Waals surface area contributed by atoms with Gasteiger partial charge in [-0.25, -0.2) is 0 Å². The van der Waals surface area contributed by atoms with Gasteiger partial charge in [0.1, 0.15) is 0 Å². The van der Waals surface area contributed by atoms with Gasteiger partial charge in [0.05, 0.1) is 12.2 Å². The molecule has 0 amide bonds. The maximum atomic E-state index is 9.31. The second-order valence-electron chi connectivity index (χ2n) is 5.20. The average molecular weight is 218 g/mol. The molecular weight excluding hydrogens is 192 g/mol. The summed E-state index contributed by atoms with van der Waals surface area (Å²) < 4.78 is 0. The fraction of sp³-hybridized carbons (Fsp3) is 1.00. The Morgan fingerprint density at radius 3 is 1.80 bits per heavy atom. The topological polar surface area (TPSA) is 69.7 Å². The molecule has 2 atom stereocenters. The van der Waals surface area contributed by atoms with Gasteiger partial charge in [-0.1, -0.05) is 0 Å². The van der Waals surface area contributed by atoms with Crippen LogP contribution >= 0.6 is 0 Å². The van der Waals surface area contributed by atoms with Crippen molar-refractivity contribution < 1.29 is 10.2 Å². The number of aliphatic hydroxyl groups is 2. The van der Waals surface area contributed by atoms with E-state index in [4.69, 9.17) is 5.73 Å². The number of hydrogen-bond donors (Lipinski definition) is 3. The van der Waals surface area contributed by atoms with Crippen LogP contribution in [0, 0.1) is 0 Å². The van der Waals surface area contributed by atoms with E-state index in [0.717, 1.165) is 13.0 Å². The van der Waals surface area contributed by atoms with E-state index in [0.29, 0.717) is 13.1 Å². The van der Waals surface area contributed by atoms with Crippen LogP contribution in [-0.2, 0) is 0 Å². The predicted molar refractivity (Wildman–Crippen MR) is 62.7 cm³/mol. The largest absolute Gasteiger partial charge is 0.392 e. The molecule has 4 N–H and O–H groups in total. The molecule has 2 unspecified atom stereocenters. The van der Waals surface area contributed by atoms with Crippen LogP contribution in [0.5, 0.6) is 0 Å². The minimum absolute atomic E-state index is 0.199. The minimum atomic E-state index is -0.371. The highest BCUT2D eigenvalue weighted by Crippen LogP contribution is 2.06. The Bertz CT molecular complexity index is 154. The van der Waals surface area contributed by atoms with Crippen LogP contribution < -0.4 is 5.73 Å². The summed E-state index contributed by atoms with van der Waals surface area (Å²) in [6.45, 7) is 9.44. The summed E-state index contributed by atoms with van der Waals surface area (Å²) in [5, 5.41) is 18.6. The lowest BCUT2D eigenvalue weighted by Crippen LogP contribution is -2.42. The van der Waals surface area contributed by atoms with E-state index in [1.54, 1.807) is 13.8 Å². The van der Waals surface area contributed by atoms with E-state index in [2.05, 4.69) is 0 Å². The second-order valence-corrected chi connectivity index (χ2v) is 5.20. The van der Waals surface area contributed by atoms with Crippen LogP contribution in [0.3, 0.4) is 0 Å². The highest BCUT2D eigenvalue weighted by atomic mass is 16.3. The summed E-state index contributed by atoms with van der Waals surface area (Å²) in [5.41, 5.74) is 5.69. The molecule has 0 aliphatic carbocycles. The first kappa shape index (κ1) is 14.8. The van der Waals surface area contributed by atoms with Gasteiger partial charge in [0.25, 0.3) is 0 Å². The molecule has 0 aliphatic heterocycles. The number of nitrogens with two attached hydrogens (primary N) is 1. The third-order valence-corrected chi connectivity index (χ3v) is 2.12. The van der Waals surface area contributed by atoms with Crippen LogP contribution in [0.2, 0.25) is 0 Å². The molecular formula is C11H26N2O2. The molecule has 0 bridgehead atoms. The number of aliphatic hydroxyl groups excluding tert-OH is 2. The second kappa shape index (κ2) is 6.43. The molecule has 0 heterocycles. The number of rotatable bonds is 7. The molecule has 0 aliphatic rings. The normalized spacial score (nSPS) is 16.8. The summed E-state index contributed by atoms with van der Waals surface area (Å²) in [7, 11) is 0. The predicted octanol–water partition coefficient (Wildman–Crippen LogP) is 0.177. The molecule has 0 aromatic rings. The molecule has 0 saturated carbocycles. The lowest BCUT2D eigenvalue weighted by atomic mass is 10.0. The highest BCUT2D eigenvalue weighted by molar-refractivity contribution is 4.75. The van der Waals surface area contributed by atoms with Crippen molar-refractivity contribution in [1.82, 2.24) is 4.90 Å². The fourth-order valence-electron chi connectivity index (χ4n) is 1.45. The van der Waals surface area contributed by atoms with Crippen molar-refractivity contribution in [2.24, 2.45) is 5.73 Å². The molecule has 0 aromatic heterocycles. The zero-order valence-corrected chi connectivity index (χ0v) is 10.4. The van der Waals surface area contributed by atoms with Crippen LogP contribution in [0.25, 0.3) is 0 Å². The molecule has 0 rings (SSSR count). The van der Waals surface area contributed by atoms with Gasteiger partial charge in [-0.05, 0) is 34.1 Å². The standard InChI is InChI=1S/C11H26N2O2/c1-9(14)7-13(8-10(2)15)6-5-11(3,4)12/h9-10,14-15H,5-8,12H2,1-4H3. The fourth-order valence-corrected chi connectivity index (χ4v) is 1.45. The van der Waals surface area contributed by atoms with E-state index in [9.17, 15) is 10.2 Å². The smallest absolute Gasteiger partial charge is 0.0639 e. The molecule has 0 radical (unpaired) electrons. The van der Waals surface area contributed by atoms with E-state index >= 15 is 0 Å². The summed E-state index contributed by atoms with van der Waals surface area (Å²) >= 11 is 0. The lowest BCUT2D eigenvalue weighted by molar-refractivity contribution is 0.0797. The van der Waals surface area contributed by atoms with Crippen molar-refractivity contribution in [3.63, 3.8) is 0 Å². The van der Waals surface area contributed by atoms with E-state index in [1.807, 2.05) is 18.7 Å². The van der Waals surface area contributed by atoms with Crippen LogP contribution in [0.1, 0.15) is 34.1 Å². The van der Waals surface area contributed by atoms with Gasteiger partial charge in [0.2, 0.25) is 0 Å². The Morgan fingerprint density at radius 2 is 1.53 bits per heavy atom. The Hall–Kier alpha value is -0.160. The maximum Gasteiger partial charge on any atom is 0.0639 e. The molecule has 0 saturated heterocycles. The Balaban J connectivity index is 4.01. The molecule has 0 fully saturated rings. The maximum absolute atomic E-state index is 9.31. The quantitative estimate of drug-likeness (QED) is 0.570. The SMILES string of the molecule is CC(O)CN(CCC(C)(C)N)CC(C)O. The van der Waals surface area contributed by atoms with Crippen LogP contribution in [-0.4, -0.2) is 52.5 Å². The van der Waals surface area contributed by atoms with E-state index < -0.39 is 0 Å². The number of hydrogen-bond acceptors (Lipinski definition) is 4. The van der Waals surface area contributed by atoms with Crippen molar-refractivity contribution in [3.05, 3.63) is 0 Å². The molecule has 0 aromatic carbocycles.